The van der Waals surface area contributed by atoms with E-state index in [1.165, 1.54) is 0 Å². The van der Waals surface area contributed by atoms with Crippen LogP contribution in [0.15, 0.2) is 33.4 Å². The normalized spacial score (nSPS) is 13.0. The fraction of sp³-hybridized carbons (Fsp3) is 0.400. The second kappa shape index (κ2) is 5.76. The second-order valence-corrected chi connectivity index (χ2v) is 5.44. The third-order valence-corrected chi connectivity index (χ3v) is 3.99. The van der Waals surface area contributed by atoms with Gasteiger partial charge in [-0.3, -0.25) is 4.90 Å². The van der Waals surface area contributed by atoms with Crippen molar-refractivity contribution in [1.82, 2.24) is 24.8 Å². The van der Waals surface area contributed by atoms with Crippen LogP contribution in [0.2, 0.25) is 0 Å². The Morgan fingerprint density at radius 1 is 1.27 bits per heavy atom. The Hall–Kier alpha value is -2.41. The van der Waals surface area contributed by atoms with Crippen molar-refractivity contribution >= 4 is 0 Å². The quantitative estimate of drug-likeness (QED) is 0.721. The van der Waals surface area contributed by atoms with Crippen LogP contribution in [0.3, 0.4) is 0 Å². The van der Waals surface area contributed by atoms with Gasteiger partial charge in [0, 0.05) is 18.8 Å². The van der Waals surface area contributed by atoms with Crippen LogP contribution in [0.5, 0.6) is 0 Å². The van der Waals surface area contributed by atoms with E-state index in [1.807, 2.05) is 43.8 Å². The zero-order valence-corrected chi connectivity index (χ0v) is 13.1. The molecule has 3 aromatic heterocycles. The number of aromatic nitrogens is 4. The maximum Gasteiger partial charge on any atom is 0.264 e. The van der Waals surface area contributed by atoms with Crippen molar-refractivity contribution in [2.45, 2.75) is 26.4 Å². The number of aryl methyl sites for hydroxylation is 1. The van der Waals surface area contributed by atoms with Gasteiger partial charge in [-0.05, 0) is 33.0 Å². The summed E-state index contributed by atoms with van der Waals surface area (Å²) in [4.78, 5) is 2.07. The van der Waals surface area contributed by atoms with Crippen molar-refractivity contribution in [1.29, 1.82) is 0 Å². The molecule has 3 rings (SSSR count). The van der Waals surface area contributed by atoms with Crippen LogP contribution >= 0.6 is 0 Å². The van der Waals surface area contributed by atoms with Gasteiger partial charge >= 0.3 is 0 Å². The highest BCUT2D eigenvalue weighted by atomic mass is 16.5. The number of hydrogen-bond donors (Lipinski definition) is 0. The van der Waals surface area contributed by atoms with Crippen molar-refractivity contribution in [3.63, 3.8) is 0 Å². The molecule has 0 amide bonds. The topological polar surface area (TPSA) is 73.1 Å². The van der Waals surface area contributed by atoms with Crippen LogP contribution in [-0.2, 0) is 13.6 Å². The maximum atomic E-state index is 5.77. The molecule has 0 aromatic carbocycles. The molecule has 1 atom stereocenters. The first-order chi connectivity index (χ1) is 10.6. The highest BCUT2D eigenvalue weighted by molar-refractivity contribution is 5.48. The van der Waals surface area contributed by atoms with Gasteiger partial charge in [-0.25, -0.2) is 0 Å². The molecule has 1 unspecified atom stereocenters. The molecule has 22 heavy (non-hydrogen) atoms. The van der Waals surface area contributed by atoms with Crippen LogP contribution in [0, 0.1) is 6.92 Å². The summed E-state index contributed by atoms with van der Waals surface area (Å²) in [5.41, 5.74) is 2.94. The highest BCUT2D eigenvalue weighted by Crippen LogP contribution is 2.22. The lowest BCUT2D eigenvalue weighted by atomic mass is 10.2. The monoisotopic (exact) mass is 301 g/mol. The van der Waals surface area contributed by atoms with Crippen LogP contribution < -0.4 is 0 Å². The minimum atomic E-state index is 0.103. The van der Waals surface area contributed by atoms with Crippen molar-refractivity contribution in [3.05, 3.63) is 41.7 Å². The maximum absolute atomic E-state index is 5.77. The molecule has 0 radical (unpaired) electrons. The zero-order chi connectivity index (χ0) is 15.7. The average molecular weight is 301 g/mol. The van der Waals surface area contributed by atoms with E-state index in [0.29, 0.717) is 18.3 Å². The summed E-state index contributed by atoms with van der Waals surface area (Å²) in [6, 6.07) is 5.96. The fourth-order valence-electron chi connectivity index (χ4n) is 2.26. The van der Waals surface area contributed by atoms with Crippen LogP contribution in [0.25, 0.3) is 11.6 Å². The van der Waals surface area contributed by atoms with Crippen molar-refractivity contribution < 1.29 is 8.94 Å². The lowest BCUT2D eigenvalue weighted by molar-refractivity contribution is 0.219. The predicted octanol–water partition coefficient (Wildman–Crippen LogP) is 2.56. The van der Waals surface area contributed by atoms with Gasteiger partial charge in [-0.2, -0.15) is 0 Å². The zero-order valence-electron chi connectivity index (χ0n) is 13.1. The van der Waals surface area contributed by atoms with Crippen molar-refractivity contribution in [2.75, 3.05) is 7.05 Å². The van der Waals surface area contributed by atoms with Crippen LogP contribution in [-0.4, -0.2) is 31.9 Å². The summed E-state index contributed by atoms with van der Waals surface area (Å²) in [5.74, 6) is 1.11. The SMILES string of the molecule is Cc1ccc(-c2nnc(CN(C)C(C)c3ccon3)o2)n1C. The van der Waals surface area contributed by atoms with Crippen molar-refractivity contribution in [3.8, 4) is 11.6 Å². The summed E-state index contributed by atoms with van der Waals surface area (Å²) in [6.45, 7) is 4.63. The van der Waals surface area contributed by atoms with E-state index in [2.05, 4.69) is 27.2 Å². The summed E-state index contributed by atoms with van der Waals surface area (Å²) >= 11 is 0. The lowest BCUT2D eigenvalue weighted by Gasteiger charge is -2.20. The molecule has 0 aliphatic carbocycles. The molecule has 116 valence electrons. The van der Waals surface area contributed by atoms with Gasteiger partial charge in [-0.15, -0.1) is 10.2 Å². The summed E-state index contributed by atoms with van der Waals surface area (Å²) in [5, 5.41) is 12.2. The Morgan fingerprint density at radius 3 is 2.73 bits per heavy atom. The molecular formula is C15H19N5O2. The van der Waals surface area contributed by atoms with E-state index in [-0.39, 0.29) is 6.04 Å². The third-order valence-electron chi connectivity index (χ3n) is 3.99. The fourth-order valence-corrected chi connectivity index (χ4v) is 2.26. The summed E-state index contributed by atoms with van der Waals surface area (Å²) in [6.07, 6.45) is 1.57. The first-order valence-electron chi connectivity index (χ1n) is 7.12. The van der Waals surface area contributed by atoms with Gasteiger partial charge < -0.3 is 13.5 Å². The molecule has 3 aromatic rings. The molecule has 0 spiro atoms. The number of rotatable bonds is 5. The molecule has 7 heteroatoms. The molecule has 0 aliphatic heterocycles. The Balaban J connectivity index is 1.73. The standard InChI is InChI=1S/C15H19N5O2/c1-10-5-6-13(20(10)4)15-17-16-14(22-15)9-19(3)11(2)12-7-8-21-18-12/h5-8,11H,9H2,1-4H3. The van der Waals surface area contributed by atoms with E-state index in [1.54, 1.807) is 6.26 Å². The van der Waals surface area contributed by atoms with Crippen LogP contribution in [0.4, 0.5) is 0 Å². The first kappa shape index (κ1) is 14.5. The largest absolute Gasteiger partial charge is 0.418 e. The molecule has 7 nitrogen and oxygen atoms in total. The third kappa shape index (κ3) is 2.67. The van der Waals surface area contributed by atoms with Gasteiger partial charge in [0.15, 0.2) is 0 Å². The predicted molar refractivity (Wildman–Crippen MR) is 79.8 cm³/mol. The van der Waals surface area contributed by atoms with Gasteiger partial charge in [0.2, 0.25) is 5.89 Å². The van der Waals surface area contributed by atoms with E-state index < -0.39 is 0 Å². The second-order valence-electron chi connectivity index (χ2n) is 5.44. The van der Waals surface area contributed by atoms with E-state index in [9.17, 15) is 0 Å². The van der Waals surface area contributed by atoms with Crippen LogP contribution in [0.1, 0.15) is 30.2 Å². The Kier molecular flexibility index (Phi) is 3.81. The van der Waals surface area contributed by atoms with Gasteiger partial charge in [0.25, 0.3) is 5.89 Å². The number of nitrogens with zero attached hydrogens (tertiary/aromatic N) is 5. The van der Waals surface area contributed by atoms with E-state index >= 15 is 0 Å². The summed E-state index contributed by atoms with van der Waals surface area (Å²) in [7, 11) is 3.96. The number of hydrogen-bond acceptors (Lipinski definition) is 6. The van der Waals surface area contributed by atoms with Gasteiger partial charge in [-0.1, -0.05) is 5.16 Å². The molecule has 0 saturated carbocycles. The molecule has 0 bridgehead atoms. The summed E-state index contributed by atoms with van der Waals surface area (Å²) < 4.78 is 12.7. The minimum Gasteiger partial charge on any atom is -0.418 e. The Bertz CT molecular complexity index is 744. The Labute approximate surface area is 128 Å². The molecule has 0 N–H and O–H groups in total. The van der Waals surface area contributed by atoms with E-state index in [0.717, 1.165) is 17.1 Å². The average Bonchev–Trinajstić information content (AvgIpc) is 3.22. The lowest BCUT2D eigenvalue weighted by Crippen LogP contribution is -2.22. The molecular weight excluding hydrogens is 282 g/mol. The highest BCUT2D eigenvalue weighted by Gasteiger charge is 2.18. The molecule has 0 saturated heterocycles. The van der Waals surface area contributed by atoms with Gasteiger partial charge in [0.05, 0.1) is 12.6 Å². The Morgan fingerprint density at radius 2 is 2.09 bits per heavy atom. The molecule has 3 heterocycles. The smallest absolute Gasteiger partial charge is 0.264 e. The molecule has 0 fully saturated rings. The molecule has 0 aliphatic rings. The van der Waals surface area contributed by atoms with Crippen molar-refractivity contribution in [2.24, 2.45) is 7.05 Å². The minimum absolute atomic E-state index is 0.103. The van der Waals surface area contributed by atoms with E-state index in [4.69, 9.17) is 8.94 Å². The first-order valence-corrected chi connectivity index (χ1v) is 7.12. The van der Waals surface area contributed by atoms with Gasteiger partial charge in [0.1, 0.15) is 17.7 Å².